The first kappa shape index (κ1) is 18.0. The third kappa shape index (κ3) is 5.07. The summed E-state index contributed by atoms with van der Waals surface area (Å²) in [5.41, 5.74) is 0.0805. The SMILES string of the molecule is COc1ccc(C(=O)NC(CC(F)F)C(=O)O)c(OCC2CC2)c1. The highest BCUT2D eigenvalue weighted by Crippen LogP contribution is 2.31. The Bertz CT molecular complexity index is 604. The second kappa shape index (κ2) is 7.94. The van der Waals surface area contributed by atoms with Crippen LogP contribution in [-0.4, -0.2) is 43.2 Å². The number of alkyl halides is 2. The van der Waals surface area contributed by atoms with Crippen molar-refractivity contribution in [3.05, 3.63) is 23.8 Å². The number of methoxy groups -OCH3 is 1. The first-order valence-electron chi connectivity index (χ1n) is 7.53. The number of rotatable bonds is 9. The summed E-state index contributed by atoms with van der Waals surface area (Å²) in [6, 6.07) is 2.77. The number of carbonyl (C=O) groups excluding carboxylic acids is 1. The van der Waals surface area contributed by atoms with Crippen molar-refractivity contribution in [2.45, 2.75) is 31.7 Å². The number of nitrogens with one attached hydrogen (secondary N) is 1. The number of hydrogen-bond donors (Lipinski definition) is 2. The zero-order valence-corrected chi connectivity index (χ0v) is 13.1. The Morgan fingerprint density at radius 1 is 1.38 bits per heavy atom. The largest absolute Gasteiger partial charge is 0.497 e. The molecule has 132 valence electrons. The molecule has 0 aromatic heterocycles. The highest BCUT2D eigenvalue weighted by Gasteiger charge is 2.27. The molecule has 1 saturated carbocycles. The van der Waals surface area contributed by atoms with E-state index in [0.717, 1.165) is 12.8 Å². The number of benzene rings is 1. The molecule has 1 aromatic rings. The zero-order chi connectivity index (χ0) is 17.7. The molecule has 6 nitrogen and oxygen atoms in total. The fraction of sp³-hybridized carbons (Fsp3) is 0.500. The summed E-state index contributed by atoms with van der Waals surface area (Å²) in [5, 5.41) is 11.1. The van der Waals surface area contributed by atoms with Gasteiger partial charge in [0.25, 0.3) is 5.91 Å². The molecule has 0 heterocycles. The van der Waals surface area contributed by atoms with Crippen LogP contribution in [0.3, 0.4) is 0 Å². The second-order valence-corrected chi connectivity index (χ2v) is 5.61. The van der Waals surface area contributed by atoms with Gasteiger partial charge < -0.3 is 19.9 Å². The van der Waals surface area contributed by atoms with Crippen molar-refractivity contribution < 1.29 is 33.0 Å². The number of carboxylic acids is 1. The lowest BCUT2D eigenvalue weighted by molar-refractivity contribution is -0.140. The maximum atomic E-state index is 12.4. The molecule has 8 heteroatoms. The Morgan fingerprint density at radius 3 is 2.62 bits per heavy atom. The van der Waals surface area contributed by atoms with Gasteiger partial charge in [-0.05, 0) is 30.9 Å². The fourth-order valence-corrected chi connectivity index (χ4v) is 2.06. The van der Waals surface area contributed by atoms with Gasteiger partial charge in [-0.3, -0.25) is 4.79 Å². The molecule has 24 heavy (non-hydrogen) atoms. The van der Waals surface area contributed by atoms with Gasteiger partial charge in [0.15, 0.2) is 0 Å². The average molecular weight is 343 g/mol. The van der Waals surface area contributed by atoms with Crippen molar-refractivity contribution in [2.75, 3.05) is 13.7 Å². The van der Waals surface area contributed by atoms with Crippen molar-refractivity contribution in [3.63, 3.8) is 0 Å². The van der Waals surface area contributed by atoms with E-state index in [1.165, 1.54) is 25.3 Å². The van der Waals surface area contributed by atoms with Gasteiger partial charge >= 0.3 is 5.97 Å². The van der Waals surface area contributed by atoms with Crippen molar-refractivity contribution in [3.8, 4) is 11.5 Å². The minimum atomic E-state index is -2.84. The molecular weight excluding hydrogens is 324 g/mol. The van der Waals surface area contributed by atoms with Crippen molar-refractivity contribution >= 4 is 11.9 Å². The van der Waals surface area contributed by atoms with Crippen LogP contribution in [0.5, 0.6) is 11.5 Å². The van der Waals surface area contributed by atoms with Crippen LogP contribution >= 0.6 is 0 Å². The fourth-order valence-electron chi connectivity index (χ4n) is 2.06. The lowest BCUT2D eigenvalue weighted by atomic mass is 10.1. The van der Waals surface area contributed by atoms with Crippen LogP contribution in [-0.2, 0) is 4.79 Å². The Hall–Kier alpha value is -2.38. The Balaban J connectivity index is 2.14. The highest BCUT2D eigenvalue weighted by molar-refractivity contribution is 5.99. The van der Waals surface area contributed by atoms with Gasteiger partial charge in [-0.1, -0.05) is 0 Å². The van der Waals surface area contributed by atoms with Gasteiger partial charge in [-0.25, -0.2) is 13.6 Å². The quantitative estimate of drug-likeness (QED) is 0.719. The number of aliphatic carboxylic acids is 1. The van der Waals surface area contributed by atoms with E-state index < -0.39 is 30.8 Å². The van der Waals surface area contributed by atoms with Crippen LogP contribution in [0.25, 0.3) is 0 Å². The molecule has 1 amide bonds. The summed E-state index contributed by atoms with van der Waals surface area (Å²) >= 11 is 0. The standard InChI is InChI=1S/C16H19F2NO5/c1-23-10-4-5-11(13(6-10)24-8-9-2-3-9)15(20)19-12(16(21)22)7-14(17)18/h4-6,9,12,14H,2-3,7-8H2,1H3,(H,19,20)(H,21,22). The first-order valence-corrected chi connectivity index (χ1v) is 7.53. The minimum absolute atomic E-state index is 0.0805. The Labute approximate surface area is 137 Å². The van der Waals surface area contributed by atoms with Crippen LogP contribution in [0.4, 0.5) is 8.78 Å². The van der Waals surface area contributed by atoms with Gasteiger partial charge in [-0.15, -0.1) is 0 Å². The maximum Gasteiger partial charge on any atom is 0.326 e. The predicted octanol–water partition coefficient (Wildman–Crippen LogP) is 2.32. The van der Waals surface area contributed by atoms with Crippen LogP contribution in [0, 0.1) is 5.92 Å². The number of ether oxygens (including phenoxy) is 2. The molecule has 0 saturated heterocycles. The molecule has 1 atom stereocenters. The summed E-state index contributed by atoms with van der Waals surface area (Å²) in [5.74, 6) is -1.15. The zero-order valence-electron chi connectivity index (χ0n) is 13.1. The highest BCUT2D eigenvalue weighted by atomic mass is 19.3. The van der Waals surface area contributed by atoms with E-state index in [1.54, 1.807) is 0 Å². The third-order valence-electron chi connectivity index (χ3n) is 3.62. The van der Waals surface area contributed by atoms with E-state index >= 15 is 0 Å². The number of carbonyl (C=O) groups is 2. The van der Waals surface area contributed by atoms with E-state index in [1.807, 2.05) is 0 Å². The van der Waals surface area contributed by atoms with Crippen LogP contribution < -0.4 is 14.8 Å². The second-order valence-electron chi connectivity index (χ2n) is 5.61. The molecule has 1 fully saturated rings. The predicted molar refractivity (Wildman–Crippen MR) is 80.7 cm³/mol. The van der Waals surface area contributed by atoms with Gasteiger partial charge in [0.1, 0.15) is 17.5 Å². The molecule has 1 unspecified atom stereocenters. The summed E-state index contributed by atoms with van der Waals surface area (Å²) in [4.78, 5) is 23.3. The normalized spacial score (nSPS) is 15.0. The summed E-state index contributed by atoms with van der Waals surface area (Å²) in [6.45, 7) is 0.437. The van der Waals surface area contributed by atoms with E-state index in [4.69, 9.17) is 14.6 Å². The van der Waals surface area contributed by atoms with Crippen LogP contribution in [0.15, 0.2) is 18.2 Å². The lowest BCUT2D eigenvalue weighted by Crippen LogP contribution is -2.42. The minimum Gasteiger partial charge on any atom is -0.497 e. The Morgan fingerprint density at radius 2 is 2.08 bits per heavy atom. The number of hydrogen-bond acceptors (Lipinski definition) is 4. The molecule has 2 rings (SSSR count). The lowest BCUT2D eigenvalue weighted by Gasteiger charge is -2.16. The molecule has 0 bridgehead atoms. The van der Waals surface area contributed by atoms with Crippen molar-refractivity contribution in [1.82, 2.24) is 5.32 Å². The van der Waals surface area contributed by atoms with Crippen LogP contribution in [0.2, 0.25) is 0 Å². The van der Waals surface area contributed by atoms with Gasteiger partial charge in [0.2, 0.25) is 6.43 Å². The topological polar surface area (TPSA) is 84.9 Å². The summed E-state index contributed by atoms with van der Waals surface area (Å²) in [7, 11) is 1.46. The molecular formula is C16H19F2NO5. The number of carboxylic acid groups (broad SMARTS) is 1. The molecule has 0 aliphatic heterocycles. The summed E-state index contributed by atoms with van der Waals surface area (Å²) < 4.78 is 35.6. The molecule has 1 aliphatic rings. The van der Waals surface area contributed by atoms with Gasteiger partial charge in [0.05, 0.1) is 19.3 Å². The molecule has 1 aliphatic carbocycles. The van der Waals surface area contributed by atoms with Crippen molar-refractivity contribution in [1.29, 1.82) is 0 Å². The Kier molecular flexibility index (Phi) is 5.94. The maximum absolute atomic E-state index is 12.4. The van der Waals surface area contributed by atoms with E-state index in [0.29, 0.717) is 18.3 Å². The first-order chi connectivity index (χ1) is 11.4. The molecule has 1 aromatic carbocycles. The van der Waals surface area contributed by atoms with E-state index in [-0.39, 0.29) is 11.3 Å². The van der Waals surface area contributed by atoms with Crippen LogP contribution in [0.1, 0.15) is 29.6 Å². The summed E-state index contributed by atoms with van der Waals surface area (Å²) in [6.07, 6.45) is -1.69. The monoisotopic (exact) mass is 343 g/mol. The molecule has 0 spiro atoms. The van der Waals surface area contributed by atoms with E-state index in [9.17, 15) is 18.4 Å². The molecule has 2 N–H and O–H groups in total. The third-order valence-corrected chi connectivity index (χ3v) is 3.62. The number of halogens is 2. The average Bonchev–Trinajstić information content (AvgIpc) is 3.35. The smallest absolute Gasteiger partial charge is 0.326 e. The van der Waals surface area contributed by atoms with Gasteiger partial charge in [-0.2, -0.15) is 0 Å². The molecule has 0 radical (unpaired) electrons. The van der Waals surface area contributed by atoms with E-state index in [2.05, 4.69) is 5.32 Å². The van der Waals surface area contributed by atoms with Crippen molar-refractivity contribution in [2.24, 2.45) is 5.92 Å². The van der Waals surface area contributed by atoms with Gasteiger partial charge in [0, 0.05) is 12.5 Å². The number of amides is 1.